The summed E-state index contributed by atoms with van der Waals surface area (Å²) in [5.74, 6) is 0.260. The van der Waals surface area contributed by atoms with Crippen LogP contribution in [-0.2, 0) is 21.5 Å². The molecule has 1 saturated heterocycles. The van der Waals surface area contributed by atoms with Gasteiger partial charge in [0.2, 0.25) is 0 Å². The minimum atomic E-state index is -4.21. The van der Waals surface area contributed by atoms with E-state index in [4.69, 9.17) is 12.2 Å². The van der Waals surface area contributed by atoms with Gasteiger partial charge < -0.3 is 9.45 Å². The smallest absolute Gasteiger partial charge is 0.269 e. The maximum Gasteiger partial charge on any atom is 0.269 e. The number of thioether (sulfide) groups is 3. The van der Waals surface area contributed by atoms with Crippen LogP contribution in [0.2, 0.25) is 0 Å². The van der Waals surface area contributed by atoms with Crippen LogP contribution in [0, 0.1) is 0 Å². The first-order chi connectivity index (χ1) is 16.6. The molecule has 192 valence electrons. The summed E-state index contributed by atoms with van der Waals surface area (Å²) in [7, 11) is -4.21. The van der Waals surface area contributed by atoms with E-state index < -0.39 is 10.1 Å². The summed E-state index contributed by atoms with van der Waals surface area (Å²) in [5.41, 5.74) is 0.860. The Morgan fingerprint density at radius 3 is 2.57 bits per heavy atom. The van der Waals surface area contributed by atoms with Gasteiger partial charge >= 0.3 is 0 Å². The average Bonchev–Trinajstić information content (AvgIpc) is 3.40. The van der Waals surface area contributed by atoms with Crippen LogP contribution in [0.1, 0.15) is 26.7 Å². The van der Waals surface area contributed by atoms with Crippen molar-refractivity contribution in [2.24, 2.45) is 0 Å². The first kappa shape index (κ1) is 28.5. The normalized spacial score (nSPS) is 20.1. The Morgan fingerprint density at radius 1 is 1.17 bits per heavy atom. The van der Waals surface area contributed by atoms with E-state index in [1.165, 1.54) is 34.9 Å². The van der Waals surface area contributed by atoms with Gasteiger partial charge in [0.05, 0.1) is 19.7 Å². The van der Waals surface area contributed by atoms with E-state index >= 15 is 0 Å². The fraction of sp³-hybridized carbons (Fsp3) is 0.476. The molecule has 0 spiro atoms. The summed E-state index contributed by atoms with van der Waals surface area (Å²) < 4.78 is 35.8. The molecule has 2 aliphatic rings. The summed E-state index contributed by atoms with van der Waals surface area (Å²) in [6.45, 7) is 5.39. The third-order valence-corrected chi connectivity index (χ3v) is 10.4. The summed E-state index contributed by atoms with van der Waals surface area (Å²) in [4.78, 5) is 30.2. The molecule has 1 aromatic rings. The van der Waals surface area contributed by atoms with Crippen molar-refractivity contribution in [3.05, 3.63) is 41.8 Å². The zero-order valence-electron chi connectivity index (χ0n) is 19.5. The van der Waals surface area contributed by atoms with Gasteiger partial charge in [-0.1, -0.05) is 35.7 Å². The zero-order chi connectivity index (χ0) is 25.8. The lowest BCUT2D eigenvalue weighted by Gasteiger charge is -2.21. The number of allylic oxidation sites excluding steroid dienone is 2. The summed E-state index contributed by atoms with van der Waals surface area (Å²) >= 11 is 11.1. The quantitative estimate of drug-likeness (QED) is 0.228. The molecular weight excluding hydrogens is 567 g/mol. The summed E-state index contributed by atoms with van der Waals surface area (Å²) in [6, 6.07) is 0. The first-order valence-corrected chi connectivity index (χ1v) is 16.7. The van der Waals surface area contributed by atoms with Crippen LogP contribution >= 0.6 is 58.8 Å². The highest BCUT2D eigenvalue weighted by Crippen LogP contribution is 2.34. The molecule has 0 aromatic carbocycles. The van der Waals surface area contributed by atoms with E-state index in [1.807, 2.05) is 36.5 Å². The van der Waals surface area contributed by atoms with Gasteiger partial charge in [-0.15, -0.1) is 11.3 Å². The van der Waals surface area contributed by atoms with Crippen LogP contribution in [0.3, 0.4) is 0 Å². The summed E-state index contributed by atoms with van der Waals surface area (Å²) in [5, 5.41) is 2.90. The second-order valence-electron chi connectivity index (χ2n) is 7.64. The average molecular weight is 593 g/mol. The number of amides is 1. The highest BCUT2D eigenvalue weighted by molar-refractivity contribution is 8.30. The molecule has 2 aliphatic heterocycles. The summed E-state index contributed by atoms with van der Waals surface area (Å²) in [6.07, 6.45) is 6.46. The molecule has 3 heterocycles. The molecule has 8 nitrogen and oxygen atoms in total. The minimum absolute atomic E-state index is 0.153. The number of carbonyl (C=O) groups is 1. The van der Waals surface area contributed by atoms with E-state index in [0.29, 0.717) is 50.9 Å². The molecule has 35 heavy (non-hydrogen) atoms. The molecule has 1 amide bonds. The van der Waals surface area contributed by atoms with Crippen molar-refractivity contribution < 1.29 is 17.8 Å². The molecule has 0 N–H and O–H groups in total. The highest BCUT2D eigenvalue weighted by atomic mass is 32.2. The zero-order valence-corrected chi connectivity index (χ0v) is 24.4. The van der Waals surface area contributed by atoms with Crippen LogP contribution in [0.4, 0.5) is 0 Å². The molecule has 0 bridgehead atoms. The molecule has 1 fully saturated rings. The number of aromatic nitrogens is 1. The predicted molar refractivity (Wildman–Crippen MR) is 152 cm³/mol. The van der Waals surface area contributed by atoms with Gasteiger partial charge in [0, 0.05) is 36.8 Å². The van der Waals surface area contributed by atoms with Crippen LogP contribution in [-0.4, -0.2) is 68.4 Å². The number of hydrogen-bond donors (Lipinski definition) is 0. The molecule has 0 saturated carbocycles. The van der Waals surface area contributed by atoms with Crippen molar-refractivity contribution in [1.82, 2.24) is 14.4 Å². The van der Waals surface area contributed by atoms with Crippen molar-refractivity contribution >= 4 is 90.2 Å². The van der Waals surface area contributed by atoms with Crippen molar-refractivity contribution in [2.45, 2.75) is 33.2 Å². The van der Waals surface area contributed by atoms with Crippen LogP contribution in [0.5, 0.6) is 0 Å². The second kappa shape index (κ2) is 12.5. The van der Waals surface area contributed by atoms with E-state index in [0.717, 1.165) is 16.5 Å². The number of unbranched alkanes of at least 4 members (excludes halogenated alkanes) is 1. The number of carbonyl (C=O) groups excluding carboxylic acids is 1. The van der Waals surface area contributed by atoms with Gasteiger partial charge in [-0.05, 0) is 50.5 Å². The maximum absolute atomic E-state index is 13.1. The highest BCUT2D eigenvalue weighted by Gasteiger charge is 2.33. The van der Waals surface area contributed by atoms with Crippen LogP contribution in [0.15, 0.2) is 27.0 Å². The molecule has 1 aromatic heterocycles. The molecule has 0 atom stereocenters. The van der Waals surface area contributed by atoms with Gasteiger partial charge in [0.25, 0.3) is 11.5 Å². The lowest BCUT2D eigenvalue weighted by atomic mass is 10.3. The van der Waals surface area contributed by atoms with Gasteiger partial charge in [-0.25, -0.2) is 8.42 Å². The monoisotopic (exact) mass is 592 g/mol. The Hall–Kier alpha value is -1.03. The Bertz CT molecular complexity index is 1340. The van der Waals surface area contributed by atoms with E-state index in [2.05, 4.69) is 0 Å². The van der Waals surface area contributed by atoms with Crippen LogP contribution < -0.4 is 14.8 Å². The number of nitrogens with zero attached hydrogens (tertiary/aromatic N) is 3. The second-order valence-corrected chi connectivity index (χ2v) is 13.7. The first-order valence-electron chi connectivity index (χ1n) is 10.8. The molecule has 3 rings (SSSR count). The Morgan fingerprint density at radius 2 is 1.91 bits per heavy atom. The van der Waals surface area contributed by atoms with Gasteiger partial charge in [-0.3, -0.25) is 19.1 Å². The third kappa shape index (κ3) is 7.05. The predicted octanol–water partition coefficient (Wildman–Crippen LogP) is 2.12. The molecular formula is C21H26N3O5S6-. The van der Waals surface area contributed by atoms with Gasteiger partial charge in [0.15, 0.2) is 0 Å². The fourth-order valence-corrected chi connectivity index (χ4v) is 7.87. The largest absolute Gasteiger partial charge is 0.748 e. The molecule has 0 aliphatic carbocycles. The van der Waals surface area contributed by atoms with Crippen LogP contribution in [0.25, 0.3) is 11.0 Å². The third-order valence-electron chi connectivity index (χ3n) is 5.23. The van der Waals surface area contributed by atoms with E-state index in [9.17, 15) is 22.6 Å². The minimum Gasteiger partial charge on any atom is -0.748 e. The number of thiocarbonyl (C=S) groups is 1. The Kier molecular flexibility index (Phi) is 10.2. The Balaban J connectivity index is 1.89. The SMILES string of the molecule is CCn1c(=O)/c(=C/C=C2/SC=C(C)N2CCCCS(=O)(=O)[O-])s/c1=C1\SC(=S)N(CCSC)C1=O. The maximum atomic E-state index is 13.1. The van der Waals surface area contributed by atoms with Crippen molar-refractivity contribution in [3.8, 4) is 0 Å². The van der Waals surface area contributed by atoms with Crippen molar-refractivity contribution in [2.75, 3.05) is 30.9 Å². The standard InChI is InChI=1S/C21H27N3O5S6/c1-4-22-18(25)15(33-20(22)17-19(26)24(10-11-31-3)21(30)34-17)7-8-16-23(14(2)13-32-16)9-5-6-12-35(27,28)29/h7-8,13H,4-6,9-12H2,1-3H3,(H,27,28,29)/p-1/b15-7-,16-8+,20-17-. The van der Waals surface area contributed by atoms with E-state index in [1.54, 1.807) is 27.3 Å². The molecule has 14 heteroatoms. The Labute approximate surface area is 226 Å². The van der Waals surface area contributed by atoms with Gasteiger partial charge in [-0.2, -0.15) is 11.8 Å². The van der Waals surface area contributed by atoms with E-state index in [-0.39, 0.29) is 17.2 Å². The van der Waals surface area contributed by atoms with Gasteiger partial charge in [0.1, 0.15) is 13.9 Å². The number of rotatable bonds is 10. The lowest BCUT2D eigenvalue weighted by molar-refractivity contribution is -0.120. The number of thiazole rings is 1. The molecule has 0 radical (unpaired) electrons. The topological polar surface area (TPSA) is 103 Å². The fourth-order valence-electron chi connectivity index (χ4n) is 3.45. The number of hydrogen-bond acceptors (Lipinski definition) is 11. The van der Waals surface area contributed by atoms with Crippen molar-refractivity contribution in [1.29, 1.82) is 0 Å². The lowest BCUT2D eigenvalue weighted by Crippen LogP contribution is -2.34. The van der Waals surface area contributed by atoms with Crippen molar-refractivity contribution in [3.63, 3.8) is 0 Å². The molecule has 0 unspecified atom stereocenters.